The van der Waals surface area contributed by atoms with E-state index in [-0.39, 0.29) is 29.8 Å². The van der Waals surface area contributed by atoms with Crippen LogP contribution in [0.2, 0.25) is 0 Å². The lowest BCUT2D eigenvalue weighted by Gasteiger charge is -2.19. The Morgan fingerprint density at radius 3 is 2.52 bits per heavy atom. The second-order valence-electron chi connectivity index (χ2n) is 7.54. The molecule has 2 atom stereocenters. The molecule has 0 aliphatic carbocycles. The Hall–Kier alpha value is -1.10. The largest absolute Gasteiger partial charge is 0.355 e. The van der Waals surface area contributed by atoms with Gasteiger partial charge in [-0.05, 0) is 17.4 Å². The molecule has 0 bridgehead atoms. The lowest BCUT2D eigenvalue weighted by Crippen LogP contribution is -2.38. The van der Waals surface area contributed by atoms with Gasteiger partial charge in [-0.1, -0.05) is 51.1 Å². The monoisotopic (exact) mass is 339 g/mol. The Bertz CT molecular complexity index is 487. The molecule has 0 radical (unpaired) electrons. The van der Waals surface area contributed by atoms with Crippen molar-refractivity contribution in [1.29, 1.82) is 0 Å². The highest BCUT2D eigenvalue weighted by Gasteiger charge is 2.31. The maximum atomic E-state index is 12.0. The van der Waals surface area contributed by atoms with Crippen LogP contribution in [0.25, 0.3) is 0 Å². The SMILES string of the molecule is CC(C)(C)CCNC(=O)CN1C[C@@H](N)[C@H](c2ccccc2)C1.Cl. The molecule has 1 saturated heterocycles. The van der Waals surface area contributed by atoms with Crippen LogP contribution in [-0.2, 0) is 4.79 Å². The molecule has 3 N–H and O–H groups in total. The summed E-state index contributed by atoms with van der Waals surface area (Å²) in [7, 11) is 0. The molecule has 1 aliphatic rings. The first-order chi connectivity index (χ1) is 10.3. The molecule has 0 saturated carbocycles. The van der Waals surface area contributed by atoms with Crippen LogP contribution in [0.4, 0.5) is 0 Å². The summed E-state index contributed by atoms with van der Waals surface area (Å²) in [5.41, 5.74) is 7.78. The number of amides is 1. The van der Waals surface area contributed by atoms with E-state index < -0.39 is 0 Å². The van der Waals surface area contributed by atoms with Crippen molar-refractivity contribution in [2.45, 2.75) is 39.2 Å². The third-order valence-electron chi connectivity index (χ3n) is 4.23. The first kappa shape index (κ1) is 19.9. The van der Waals surface area contributed by atoms with E-state index in [2.05, 4.69) is 43.1 Å². The zero-order valence-corrected chi connectivity index (χ0v) is 15.2. The molecule has 0 unspecified atom stereocenters. The fourth-order valence-electron chi connectivity index (χ4n) is 2.93. The Labute approximate surface area is 146 Å². The standard InChI is InChI=1S/C18H29N3O.ClH/c1-18(2,3)9-10-20-17(22)13-21-11-15(16(19)12-21)14-7-5-4-6-8-14;/h4-8,15-16H,9-13,19H2,1-3H3,(H,20,22);1H/t15-,16+;/m0./s1. The Morgan fingerprint density at radius 2 is 1.91 bits per heavy atom. The minimum atomic E-state index is 0. The van der Waals surface area contributed by atoms with Gasteiger partial charge in [0.05, 0.1) is 6.54 Å². The highest BCUT2D eigenvalue weighted by Crippen LogP contribution is 2.26. The number of likely N-dealkylation sites (tertiary alicyclic amines) is 1. The van der Waals surface area contributed by atoms with Gasteiger partial charge in [-0.25, -0.2) is 0 Å². The number of carbonyl (C=O) groups excluding carboxylic acids is 1. The van der Waals surface area contributed by atoms with E-state index in [9.17, 15) is 4.79 Å². The summed E-state index contributed by atoms with van der Waals surface area (Å²) in [5, 5.41) is 3.01. The predicted octanol–water partition coefficient (Wildman–Crippen LogP) is 2.39. The van der Waals surface area contributed by atoms with Crippen LogP contribution < -0.4 is 11.1 Å². The molecule has 23 heavy (non-hydrogen) atoms. The molecule has 1 aromatic carbocycles. The molecule has 1 heterocycles. The summed E-state index contributed by atoms with van der Waals surface area (Å²) in [5.74, 6) is 0.425. The molecule has 1 amide bonds. The van der Waals surface area contributed by atoms with E-state index in [0.29, 0.717) is 12.5 Å². The molecule has 1 aliphatic heterocycles. The number of carbonyl (C=O) groups is 1. The molecule has 1 fully saturated rings. The number of hydrogen-bond acceptors (Lipinski definition) is 3. The fraction of sp³-hybridized carbons (Fsp3) is 0.611. The molecular formula is C18H30ClN3O. The zero-order chi connectivity index (χ0) is 16.2. The molecule has 5 heteroatoms. The van der Waals surface area contributed by atoms with Crippen LogP contribution in [-0.4, -0.2) is 43.0 Å². The highest BCUT2D eigenvalue weighted by molar-refractivity contribution is 5.85. The lowest BCUT2D eigenvalue weighted by molar-refractivity contribution is -0.122. The molecule has 4 nitrogen and oxygen atoms in total. The average molecular weight is 340 g/mol. The summed E-state index contributed by atoms with van der Waals surface area (Å²) >= 11 is 0. The van der Waals surface area contributed by atoms with Crippen molar-refractivity contribution in [3.05, 3.63) is 35.9 Å². The predicted molar refractivity (Wildman–Crippen MR) is 97.9 cm³/mol. The quantitative estimate of drug-likeness (QED) is 0.866. The normalized spacial score (nSPS) is 21.7. The molecule has 0 aromatic heterocycles. The van der Waals surface area contributed by atoms with Crippen LogP contribution in [0.3, 0.4) is 0 Å². The minimum Gasteiger partial charge on any atom is -0.355 e. The summed E-state index contributed by atoms with van der Waals surface area (Å²) in [6, 6.07) is 10.5. The molecular weight excluding hydrogens is 310 g/mol. The van der Waals surface area contributed by atoms with E-state index in [1.165, 1.54) is 5.56 Å². The second kappa shape index (κ2) is 8.67. The lowest BCUT2D eigenvalue weighted by atomic mass is 9.92. The third kappa shape index (κ3) is 6.50. The van der Waals surface area contributed by atoms with Gasteiger partial charge in [0.15, 0.2) is 0 Å². The summed E-state index contributed by atoms with van der Waals surface area (Å²) in [4.78, 5) is 14.2. The molecule has 0 spiro atoms. The molecule has 130 valence electrons. The fourth-order valence-corrected chi connectivity index (χ4v) is 2.93. The first-order valence-electron chi connectivity index (χ1n) is 8.15. The average Bonchev–Trinajstić information content (AvgIpc) is 2.79. The maximum Gasteiger partial charge on any atom is 0.234 e. The minimum absolute atomic E-state index is 0. The van der Waals surface area contributed by atoms with Gasteiger partial charge in [0.1, 0.15) is 0 Å². The smallest absolute Gasteiger partial charge is 0.234 e. The van der Waals surface area contributed by atoms with Crippen LogP contribution >= 0.6 is 12.4 Å². The van der Waals surface area contributed by atoms with Crippen molar-refractivity contribution in [3.8, 4) is 0 Å². The highest BCUT2D eigenvalue weighted by atomic mass is 35.5. The van der Waals surface area contributed by atoms with Crippen LogP contribution in [0.15, 0.2) is 30.3 Å². The van der Waals surface area contributed by atoms with Gasteiger partial charge in [-0.15, -0.1) is 12.4 Å². The van der Waals surface area contributed by atoms with Crippen molar-refractivity contribution < 1.29 is 4.79 Å². The van der Waals surface area contributed by atoms with E-state index in [0.717, 1.165) is 26.1 Å². The Kier molecular flexibility index (Phi) is 7.52. The van der Waals surface area contributed by atoms with Gasteiger partial charge in [0.25, 0.3) is 0 Å². The third-order valence-corrected chi connectivity index (χ3v) is 4.23. The van der Waals surface area contributed by atoms with Gasteiger partial charge in [0.2, 0.25) is 5.91 Å². The van der Waals surface area contributed by atoms with Crippen molar-refractivity contribution in [2.24, 2.45) is 11.1 Å². The number of rotatable bonds is 5. The van der Waals surface area contributed by atoms with E-state index in [4.69, 9.17) is 5.73 Å². The number of hydrogen-bond donors (Lipinski definition) is 2. The van der Waals surface area contributed by atoms with Gasteiger partial charge in [0, 0.05) is 31.6 Å². The van der Waals surface area contributed by atoms with Crippen molar-refractivity contribution in [3.63, 3.8) is 0 Å². The number of nitrogens with two attached hydrogens (primary N) is 1. The zero-order valence-electron chi connectivity index (χ0n) is 14.4. The van der Waals surface area contributed by atoms with Crippen molar-refractivity contribution in [2.75, 3.05) is 26.2 Å². The first-order valence-corrected chi connectivity index (χ1v) is 8.15. The summed E-state index contributed by atoms with van der Waals surface area (Å²) in [6.45, 7) is 9.38. The Morgan fingerprint density at radius 1 is 1.26 bits per heavy atom. The van der Waals surface area contributed by atoms with Crippen LogP contribution in [0.1, 0.15) is 38.7 Å². The van der Waals surface area contributed by atoms with Crippen molar-refractivity contribution in [1.82, 2.24) is 10.2 Å². The maximum absolute atomic E-state index is 12.0. The van der Waals surface area contributed by atoms with E-state index >= 15 is 0 Å². The number of halogens is 1. The Balaban J connectivity index is 0.00000264. The van der Waals surface area contributed by atoms with Gasteiger partial charge in [-0.3, -0.25) is 9.69 Å². The second-order valence-corrected chi connectivity index (χ2v) is 7.54. The van der Waals surface area contributed by atoms with Crippen LogP contribution in [0, 0.1) is 5.41 Å². The van der Waals surface area contributed by atoms with Gasteiger partial charge >= 0.3 is 0 Å². The van der Waals surface area contributed by atoms with Crippen LogP contribution in [0.5, 0.6) is 0 Å². The topological polar surface area (TPSA) is 58.4 Å². The summed E-state index contributed by atoms with van der Waals surface area (Å²) < 4.78 is 0. The molecule has 1 aromatic rings. The van der Waals surface area contributed by atoms with E-state index in [1.807, 2.05) is 18.2 Å². The number of nitrogens with one attached hydrogen (secondary N) is 1. The number of nitrogens with zero attached hydrogens (tertiary/aromatic N) is 1. The van der Waals surface area contributed by atoms with Crippen molar-refractivity contribution >= 4 is 18.3 Å². The van der Waals surface area contributed by atoms with Gasteiger partial charge in [-0.2, -0.15) is 0 Å². The van der Waals surface area contributed by atoms with Gasteiger partial charge < -0.3 is 11.1 Å². The number of benzene rings is 1. The summed E-state index contributed by atoms with van der Waals surface area (Å²) in [6.07, 6.45) is 0.991. The van der Waals surface area contributed by atoms with E-state index in [1.54, 1.807) is 0 Å². The molecule has 2 rings (SSSR count).